The highest BCUT2D eigenvalue weighted by Gasteiger charge is 2.33. The molecule has 0 unspecified atom stereocenters. The van der Waals surface area contributed by atoms with E-state index >= 15 is 0 Å². The number of hydrogen-bond donors (Lipinski definition) is 2. The number of rotatable bonds is 4. The number of anilines is 1. The number of nitrogens with one attached hydrogen (secondary N) is 2. The van der Waals surface area contributed by atoms with Crippen molar-refractivity contribution in [3.05, 3.63) is 58.6 Å². The van der Waals surface area contributed by atoms with E-state index in [0.717, 1.165) is 17.4 Å². The van der Waals surface area contributed by atoms with Crippen LogP contribution in [0.3, 0.4) is 0 Å². The van der Waals surface area contributed by atoms with Crippen LogP contribution in [0, 0.1) is 0 Å². The predicted molar refractivity (Wildman–Crippen MR) is 92.5 cm³/mol. The Morgan fingerprint density at radius 2 is 1.83 bits per heavy atom. The van der Waals surface area contributed by atoms with Crippen LogP contribution < -0.4 is 15.4 Å². The highest BCUT2D eigenvalue weighted by molar-refractivity contribution is 7.80. The van der Waals surface area contributed by atoms with Crippen LogP contribution in [-0.2, 0) is 12.7 Å². The average Bonchev–Trinajstić information content (AvgIpc) is 2.54. The molecule has 0 saturated heterocycles. The van der Waals surface area contributed by atoms with Gasteiger partial charge in [-0.25, -0.2) is 0 Å². The van der Waals surface area contributed by atoms with Crippen LogP contribution in [0.25, 0.3) is 0 Å². The molecule has 0 bridgehead atoms. The van der Waals surface area contributed by atoms with Gasteiger partial charge < -0.3 is 15.4 Å². The lowest BCUT2D eigenvalue weighted by Crippen LogP contribution is -2.28. The first-order valence-corrected chi connectivity index (χ1v) is 7.63. The standard InChI is InChI=1S/C16H14ClF3N2OS/c1-23-12-5-2-10(3-6-12)9-21-15(24)22-11-4-7-14(17)13(8-11)16(18,19)20/h2-8H,9H2,1H3,(H2,21,22,24). The zero-order chi connectivity index (χ0) is 17.7. The molecular formula is C16H14ClF3N2OS. The fourth-order valence-electron chi connectivity index (χ4n) is 1.92. The first-order chi connectivity index (χ1) is 11.3. The molecule has 2 aromatic carbocycles. The summed E-state index contributed by atoms with van der Waals surface area (Å²) >= 11 is 10.7. The number of halogens is 4. The van der Waals surface area contributed by atoms with Gasteiger partial charge in [0.2, 0.25) is 0 Å². The molecule has 0 atom stereocenters. The summed E-state index contributed by atoms with van der Waals surface area (Å²) in [5.74, 6) is 0.736. The van der Waals surface area contributed by atoms with Gasteiger partial charge in [-0.2, -0.15) is 13.2 Å². The third-order valence-electron chi connectivity index (χ3n) is 3.14. The lowest BCUT2D eigenvalue weighted by molar-refractivity contribution is -0.137. The van der Waals surface area contributed by atoms with Crippen molar-refractivity contribution in [3.63, 3.8) is 0 Å². The minimum atomic E-state index is -4.52. The molecule has 3 nitrogen and oxygen atoms in total. The third kappa shape index (κ3) is 5.01. The second-order valence-electron chi connectivity index (χ2n) is 4.85. The molecular weight excluding hydrogens is 361 g/mol. The quantitative estimate of drug-likeness (QED) is 0.749. The first-order valence-electron chi connectivity index (χ1n) is 6.84. The smallest absolute Gasteiger partial charge is 0.417 e. The Hall–Kier alpha value is -1.99. The predicted octanol–water partition coefficient (Wildman–Crippen LogP) is 4.85. The fourth-order valence-corrected chi connectivity index (χ4v) is 2.34. The number of methoxy groups -OCH3 is 1. The van der Waals surface area contributed by atoms with Gasteiger partial charge in [0.25, 0.3) is 0 Å². The Morgan fingerprint density at radius 1 is 1.17 bits per heavy atom. The van der Waals surface area contributed by atoms with Gasteiger partial charge in [-0.15, -0.1) is 0 Å². The maximum Gasteiger partial charge on any atom is 0.417 e. The van der Waals surface area contributed by atoms with Gasteiger partial charge in [0, 0.05) is 12.2 Å². The van der Waals surface area contributed by atoms with E-state index in [1.807, 2.05) is 24.3 Å². The summed E-state index contributed by atoms with van der Waals surface area (Å²) in [6.07, 6.45) is -4.52. The fraction of sp³-hybridized carbons (Fsp3) is 0.188. The second-order valence-corrected chi connectivity index (χ2v) is 5.66. The van der Waals surface area contributed by atoms with Crippen LogP contribution in [0.2, 0.25) is 5.02 Å². The Balaban J connectivity index is 1.97. The molecule has 0 amide bonds. The van der Waals surface area contributed by atoms with Crippen molar-refractivity contribution >= 4 is 34.6 Å². The van der Waals surface area contributed by atoms with Crippen molar-refractivity contribution in [3.8, 4) is 5.75 Å². The van der Waals surface area contributed by atoms with Crippen LogP contribution in [0.15, 0.2) is 42.5 Å². The molecule has 0 saturated carbocycles. The molecule has 0 spiro atoms. The molecule has 0 radical (unpaired) electrons. The number of thiocarbonyl (C=S) groups is 1. The van der Waals surface area contributed by atoms with Gasteiger partial charge in [-0.05, 0) is 48.1 Å². The van der Waals surface area contributed by atoms with Crippen LogP contribution in [0.1, 0.15) is 11.1 Å². The number of benzene rings is 2. The number of hydrogen-bond acceptors (Lipinski definition) is 2. The van der Waals surface area contributed by atoms with Crippen molar-refractivity contribution in [2.75, 3.05) is 12.4 Å². The van der Waals surface area contributed by atoms with Gasteiger partial charge in [0.05, 0.1) is 17.7 Å². The number of alkyl halides is 3. The number of ether oxygens (including phenoxy) is 1. The lowest BCUT2D eigenvalue weighted by atomic mass is 10.2. The van der Waals surface area contributed by atoms with Crippen LogP contribution in [-0.4, -0.2) is 12.2 Å². The van der Waals surface area contributed by atoms with E-state index in [1.165, 1.54) is 12.1 Å². The highest BCUT2D eigenvalue weighted by atomic mass is 35.5. The van der Waals surface area contributed by atoms with E-state index in [2.05, 4.69) is 10.6 Å². The Kier molecular flexibility index (Phi) is 5.90. The maximum absolute atomic E-state index is 12.8. The Morgan fingerprint density at radius 3 is 2.42 bits per heavy atom. The van der Waals surface area contributed by atoms with Crippen molar-refractivity contribution in [2.24, 2.45) is 0 Å². The first kappa shape index (κ1) is 18.4. The molecule has 0 heterocycles. The molecule has 0 aliphatic carbocycles. The van der Waals surface area contributed by atoms with Gasteiger partial charge in [0.15, 0.2) is 5.11 Å². The highest BCUT2D eigenvalue weighted by Crippen LogP contribution is 2.36. The second kappa shape index (κ2) is 7.72. The van der Waals surface area contributed by atoms with Gasteiger partial charge in [-0.3, -0.25) is 0 Å². The van der Waals surface area contributed by atoms with Crippen molar-refractivity contribution in [2.45, 2.75) is 12.7 Å². The van der Waals surface area contributed by atoms with E-state index in [9.17, 15) is 13.2 Å². The summed E-state index contributed by atoms with van der Waals surface area (Å²) in [5, 5.41) is 5.49. The average molecular weight is 375 g/mol. The lowest BCUT2D eigenvalue weighted by Gasteiger charge is -2.14. The minimum Gasteiger partial charge on any atom is -0.497 e. The summed E-state index contributed by atoms with van der Waals surface area (Å²) in [5.41, 5.74) is 0.248. The molecule has 2 rings (SSSR count). The monoisotopic (exact) mass is 374 g/mol. The molecule has 0 fully saturated rings. The van der Waals surface area contributed by atoms with Crippen molar-refractivity contribution in [1.29, 1.82) is 0 Å². The molecule has 8 heteroatoms. The van der Waals surface area contributed by atoms with Crippen LogP contribution >= 0.6 is 23.8 Å². The molecule has 128 valence electrons. The Bertz CT molecular complexity index is 720. The van der Waals surface area contributed by atoms with E-state index in [4.69, 9.17) is 28.6 Å². The molecule has 24 heavy (non-hydrogen) atoms. The SMILES string of the molecule is COc1ccc(CNC(=S)Nc2ccc(Cl)c(C(F)(F)F)c2)cc1. The largest absolute Gasteiger partial charge is 0.497 e. The molecule has 0 aromatic heterocycles. The summed E-state index contributed by atoms with van der Waals surface area (Å²) in [6.45, 7) is 0.426. The van der Waals surface area contributed by atoms with E-state index in [1.54, 1.807) is 7.11 Å². The minimum absolute atomic E-state index is 0.207. The van der Waals surface area contributed by atoms with E-state index < -0.39 is 11.7 Å². The summed E-state index contributed by atoms with van der Waals surface area (Å²) in [7, 11) is 1.58. The van der Waals surface area contributed by atoms with Gasteiger partial charge in [0.1, 0.15) is 5.75 Å². The van der Waals surface area contributed by atoms with Gasteiger partial charge >= 0.3 is 6.18 Å². The van der Waals surface area contributed by atoms with Gasteiger partial charge in [-0.1, -0.05) is 23.7 Å². The van der Waals surface area contributed by atoms with Crippen LogP contribution in [0.5, 0.6) is 5.75 Å². The third-order valence-corrected chi connectivity index (χ3v) is 3.72. The van der Waals surface area contributed by atoms with Crippen molar-refractivity contribution < 1.29 is 17.9 Å². The topological polar surface area (TPSA) is 33.3 Å². The zero-order valence-corrected chi connectivity index (χ0v) is 14.1. The normalized spacial score (nSPS) is 11.0. The maximum atomic E-state index is 12.8. The molecule has 0 aliphatic rings. The summed E-state index contributed by atoms with van der Waals surface area (Å²) < 4.78 is 43.5. The summed E-state index contributed by atoms with van der Waals surface area (Å²) in [4.78, 5) is 0. The van der Waals surface area contributed by atoms with Crippen LogP contribution in [0.4, 0.5) is 18.9 Å². The summed E-state index contributed by atoms with van der Waals surface area (Å²) in [6, 6.07) is 10.9. The zero-order valence-electron chi connectivity index (χ0n) is 12.6. The van der Waals surface area contributed by atoms with E-state index in [0.29, 0.717) is 6.54 Å². The molecule has 2 N–H and O–H groups in total. The van der Waals surface area contributed by atoms with Crippen molar-refractivity contribution in [1.82, 2.24) is 5.32 Å². The van der Waals surface area contributed by atoms with E-state index in [-0.39, 0.29) is 15.8 Å². The Labute approximate surface area is 147 Å². The molecule has 0 aliphatic heterocycles. The molecule has 2 aromatic rings.